The summed E-state index contributed by atoms with van der Waals surface area (Å²) < 4.78 is 0. The molecule has 2 aromatic carbocycles. The first-order valence-corrected chi connectivity index (χ1v) is 6.11. The van der Waals surface area contributed by atoms with E-state index in [9.17, 15) is 0 Å². The monoisotopic (exact) mass is 239 g/mol. The van der Waals surface area contributed by atoms with E-state index in [1.807, 2.05) is 30.3 Å². The van der Waals surface area contributed by atoms with Crippen molar-refractivity contribution in [2.24, 2.45) is 5.16 Å². The summed E-state index contributed by atoms with van der Waals surface area (Å²) in [6.45, 7) is 2.15. The lowest BCUT2D eigenvalue weighted by Crippen LogP contribution is -2.04. The Hall–Kier alpha value is -2.09. The molecule has 0 spiro atoms. The van der Waals surface area contributed by atoms with Crippen molar-refractivity contribution in [2.75, 3.05) is 7.11 Å². The van der Waals surface area contributed by atoms with Crippen molar-refractivity contribution < 1.29 is 4.84 Å². The van der Waals surface area contributed by atoms with Gasteiger partial charge in [0.15, 0.2) is 0 Å². The number of aryl methyl sites for hydroxylation is 1. The van der Waals surface area contributed by atoms with Crippen LogP contribution in [0.1, 0.15) is 23.6 Å². The molecule has 0 unspecified atom stereocenters. The van der Waals surface area contributed by atoms with Gasteiger partial charge in [-0.05, 0) is 18.1 Å². The Morgan fingerprint density at radius 1 is 1.00 bits per heavy atom. The molecule has 0 aliphatic heterocycles. The molecule has 0 radical (unpaired) electrons. The molecular weight excluding hydrogens is 222 g/mol. The lowest BCUT2D eigenvalue weighted by atomic mass is 10.00. The number of nitrogens with zero attached hydrogens (tertiary/aromatic N) is 1. The minimum absolute atomic E-state index is 0.869. The summed E-state index contributed by atoms with van der Waals surface area (Å²) in [5.41, 5.74) is 4.32. The Balaban J connectivity index is 2.45. The predicted octanol–water partition coefficient (Wildman–Crippen LogP) is 3.65. The number of rotatable bonds is 4. The molecule has 0 saturated carbocycles. The minimum atomic E-state index is 0.869. The van der Waals surface area contributed by atoms with Crippen LogP contribution in [0.2, 0.25) is 0 Å². The summed E-state index contributed by atoms with van der Waals surface area (Å²) in [5, 5.41) is 4.16. The van der Waals surface area contributed by atoms with Gasteiger partial charge in [0.1, 0.15) is 12.8 Å². The summed E-state index contributed by atoms with van der Waals surface area (Å²) in [7, 11) is 1.58. The van der Waals surface area contributed by atoms with E-state index in [0.29, 0.717) is 0 Å². The first-order chi connectivity index (χ1) is 8.85. The van der Waals surface area contributed by atoms with Crippen LogP contribution in [0.3, 0.4) is 0 Å². The first-order valence-electron chi connectivity index (χ1n) is 6.11. The van der Waals surface area contributed by atoms with Crippen LogP contribution in [0.25, 0.3) is 0 Å². The minimum Gasteiger partial charge on any atom is -0.399 e. The van der Waals surface area contributed by atoms with E-state index in [1.165, 1.54) is 5.56 Å². The second-order valence-corrected chi connectivity index (χ2v) is 4.04. The van der Waals surface area contributed by atoms with Crippen molar-refractivity contribution in [3.05, 3.63) is 71.3 Å². The zero-order valence-corrected chi connectivity index (χ0v) is 10.8. The van der Waals surface area contributed by atoms with Crippen LogP contribution in [-0.2, 0) is 11.3 Å². The summed E-state index contributed by atoms with van der Waals surface area (Å²) in [4.78, 5) is 4.97. The third-order valence-corrected chi connectivity index (χ3v) is 2.84. The van der Waals surface area contributed by atoms with Crippen LogP contribution in [0.15, 0.2) is 59.8 Å². The van der Waals surface area contributed by atoms with Crippen LogP contribution in [0.5, 0.6) is 0 Å². The molecule has 0 bridgehead atoms. The van der Waals surface area contributed by atoms with E-state index in [0.717, 1.165) is 23.3 Å². The van der Waals surface area contributed by atoms with E-state index >= 15 is 0 Å². The lowest BCUT2D eigenvalue weighted by molar-refractivity contribution is 0.214. The highest BCUT2D eigenvalue weighted by atomic mass is 16.6. The molecule has 2 nitrogen and oxygen atoms in total. The smallest absolute Gasteiger partial charge is 0.117 e. The molecule has 92 valence electrons. The van der Waals surface area contributed by atoms with Gasteiger partial charge in [-0.3, -0.25) is 0 Å². The zero-order valence-electron chi connectivity index (χ0n) is 10.8. The van der Waals surface area contributed by atoms with Gasteiger partial charge in [0.2, 0.25) is 0 Å². The summed E-state index contributed by atoms with van der Waals surface area (Å²) in [6.07, 6.45) is 1.02. The molecule has 0 fully saturated rings. The van der Waals surface area contributed by atoms with Gasteiger partial charge in [-0.25, -0.2) is 0 Å². The van der Waals surface area contributed by atoms with Gasteiger partial charge in [-0.2, -0.15) is 0 Å². The molecule has 18 heavy (non-hydrogen) atoms. The molecule has 2 aromatic rings. The van der Waals surface area contributed by atoms with Gasteiger partial charge < -0.3 is 4.84 Å². The van der Waals surface area contributed by atoms with E-state index in [-0.39, 0.29) is 0 Å². The fourth-order valence-electron chi connectivity index (χ4n) is 1.90. The van der Waals surface area contributed by atoms with Crippen LogP contribution in [-0.4, -0.2) is 12.8 Å². The topological polar surface area (TPSA) is 21.6 Å². The first kappa shape index (κ1) is 12.4. The molecule has 0 aliphatic rings. The largest absolute Gasteiger partial charge is 0.399 e. The van der Waals surface area contributed by atoms with Crippen LogP contribution in [0.4, 0.5) is 0 Å². The quantitative estimate of drug-likeness (QED) is 0.589. The van der Waals surface area contributed by atoms with Crippen molar-refractivity contribution in [1.82, 2.24) is 0 Å². The van der Waals surface area contributed by atoms with Crippen molar-refractivity contribution in [3.63, 3.8) is 0 Å². The third-order valence-electron chi connectivity index (χ3n) is 2.84. The number of benzene rings is 2. The van der Waals surface area contributed by atoms with Gasteiger partial charge >= 0.3 is 0 Å². The molecule has 2 heteroatoms. The van der Waals surface area contributed by atoms with E-state index in [1.54, 1.807) is 7.11 Å². The lowest BCUT2D eigenvalue weighted by Gasteiger charge is -2.07. The number of hydrogen-bond acceptors (Lipinski definition) is 2. The average Bonchev–Trinajstić information content (AvgIpc) is 2.46. The van der Waals surface area contributed by atoms with Gasteiger partial charge in [-0.1, -0.05) is 60.6 Å². The third kappa shape index (κ3) is 2.77. The molecule has 0 heterocycles. The molecule has 2 rings (SSSR count). The number of hydrogen-bond donors (Lipinski definition) is 0. The maximum absolute atomic E-state index is 4.97. The van der Waals surface area contributed by atoms with E-state index in [2.05, 4.69) is 36.3 Å². The van der Waals surface area contributed by atoms with Crippen molar-refractivity contribution in [1.29, 1.82) is 0 Å². The predicted molar refractivity (Wildman–Crippen MR) is 74.9 cm³/mol. The Labute approximate surface area is 108 Å². The summed E-state index contributed by atoms with van der Waals surface area (Å²) in [6, 6.07) is 18.5. The van der Waals surface area contributed by atoms with E-state index < -0.39 is 0 Å². The molecule has 0 aromatic heterocycles. The normalized spacial score (nSPS) is 11.3. The Bertz CT molecular complexity index is 532. The van der Waals surface area contributed by atoms with Crippen molar-refractivity contribution in [3.8, 4) is 0 Å². The SMILES string of the molecule is CCc1cccc(C(=NOC)c2ccccc2)c1. The fourth-order valence-corrected chi connectivity index (χ4v) is 1.90. The second kappa shape index (κ2) is 6.01. The summed E-state index contributed by atoms with van der Waals surface area (Å²) >= 11 is 0. The Morgan fingerprint density at radius 3 is 2.39 bits per heavy atom. The highest BCUT2D eigenvalue weighted by molar-refractivity contribution is 6.12. The summed E-state index contributed by atoms with van der Waals surface area (Å²) in [5.74, 6) is 0. The maximum atomic E-state index is 4.97. The van der Waals surface area contributed by atoms with Gasteiger partial charge in [0, 0.05) is 11.1 Å². The number of oxime groups is 1. The highest BCUT2D eigenvalue weighted by Gasteiger charge is 2.07. The van der Waals surface area contributed by atoms with Gasteiger partial charge in [-0.15, -0.1) is 0 Å². The van der Waals surface area contributed by atoms with Crippen molar-refractivity contribution >= 4 is 5.71 Å². The maximum Gasteiger partial charge on any atom is 0.117 e. The molecular formula is C16H17NO. The zero-order chi connectivity index (χ0) is 12.8. The molecule has 0 amide bonds. The molecule has 0 N–H and O–H groups in total. The second-order valence-electron chi connectivity index (χ2n) is 4.04. The molecule has 0 saturated heterocycles. The highest BCUT2D eigenvalue weighted by Crippen LogP contribution is 2.13. The van der Waals surface area contributed by atoms with Crippen LogP contribution in [0, 0.1) is 0 Å². The van der Waals surface area contributed by atoms with Gasteiger partial charge in [0.25, 0.3) is 0 Å². The van der Waals surface area contributed by atoms with Crippen LogP contribution < -0.4 is 0 Å². The van der Waals surface area contributed by atoms with Gasteiger partial charge in [0.05, 0.1) is 0 Å². The Kier molecular flexibility index (Phi) is 4.13. The van der Waals surface area contributed by atoms with Crippen LogP contribution >= 0.6 is 0 Å². The standard InChI is InChI=1S/C16H17NO/c1-3-13-8-7-11-15(12-13)16(17-18-2)14-9-5-4-6-10-14/h4-12H,3H2,1-2H3. The average molecular weight is 239 g/mol. The molecule has 0 aliphatic carbocycles. The fraction of sp³-hybridized carbons (Fsp3) is 0.188. The molecule has 0 atom stereocenters. The Morgan fingerprint density at radius 2 is 1.72 bits per heavy atom. The van der Waals surface area contributed by atoms with E-state index in [4.69, 9.17) is 4.84 Å². The van der Waals surface area contributed by atoms with Crippen molar-refractivity contribution in [2.45, 2.75) is 13.3 Å².